The molecule has 1 aliphatic rings. The number of nitrogens with two attached hydrogens (primary N) is 1. The molecule has 0 saturated heterocycles. The summed E-state index contributed by atoms with van der Waals surface area (Å²) in [5, 5.41) is 5.80. The number of anilines is 2. The Bertz CT molecular complexity index is 936. The average Bonchev–Trinajstić information content (AvgIpc) is 3.53. The van der Waals surface area contributed by atoms with E-state index in [2.05, 4.69) is 15.5 Å². The van der Waals surface area contributed by atoms with E-state index in [1.807, 2.05) is 32.0 Å². The van der Waals surface area contributed by atoms with Crippen LogP contribution < -0.4 is 16.4 Å². The van der Waals surface area contributed by atoms with E-state index in [1.54, 1.807) is 24.3 Å². The second-order valence-corrected chi connectivity index (χ2v) is 7.81. The first-order valence-electron chi connectivity index (χ1n) is 10.1. The number of carbonyl (C=O) groups is 3. The number of rotatable bonds is 9. The van der Waals surface area contributed by atoms with Crippen LogP contribution in [0.15, 0.2) is 42.5 Å². The van der Waals surface area contributed by atoms with Crippen LogP contribution >= 0.6 is 0 Å². The smallest absolute Gasteiger partial charge is 0.248 e. The number of amides is 3. The molecule has 2 aromatic carbocycles. The number of hydrogen-bond donors (Lipinski definition) is 3. The van der Waals surface area contributed by atoms with Crippen LogP contribution in [0.25, 0.3) is 0 Å². The van der Waals surface area contributed by atoms with E-state index in [0.29, 0.717) is 23.8 Å². The molecule has 30 heavy (non-hydrogen) atoms. The van der Waals surface area contributed by atoms with Gasteiger partial charge in [0.05, 0.1) is 6.54 Å². The number of aryl methyl sites for hydroxylation is 2. The molecule has 3 rings (SSSR count). The minimum absolute atomic E-state index is 0.0713. The van der Waals surface area contributed by atoms with Gasteiger partial charge in [0.15, 0.2) is 0 Å². The molecule has 0 heterocycles. The van der Waals surface area contributed by atoms with Crippen molar-refractivity contribution in [1.29, 1.82) is 0 Å². The third-order valence-electron chi connectivity index (χ3n) is 5.16. The summed E-state index contributed by atoms with van der Waals surface area (Å²) in [4.78, 5) is 38.0. The third-order valence-corrected chi connectivity index (χ3v) is 5.16. The molecule has 0 radical (unpaired) electrons. The van der Waals surface area contributed by atoms with Gasteiger partial charge in [0.1, 0.15) is 0 Å². The van der Waals surface area contributed by atoms with Crippen LogP contribution in [0, 0.1) is 13.8 Å². The van der Waals surface area contributed by atoms with E-state index in [4.69, 9.17) is 5.73 Å². The van der Waals surface area contributed by atoms with Gasteiger partial charge in [-0.15, -0.1) is 0 Å². The van der Waals surface area contributed by atoms with Gasteiger partial charge in [-0.25, -0.2) is 0 Å². The van der Waals surface area contributed by atoms with Crippen molar-refractivity contribution in [2.45, 2.75) is 39.2 Å². The summed E-state index contributed by atoms with van der Waals surface area (Å²) in [6.45, 7) is 4.73. The maximum absolute atomic E-state index is 12.6. The van der Waals surface area contributed by atoms with Crippen molar-refractivity contribution < 1.29 is 14.4 Å². The van der Waals surface area contributed by atoms with Crippen LogP contribution in [0.2, 0.25) is 0 Å². The number of nitrogens with one attached hydrogen (secondary N) is 2. The zero-order valence-electron chi connectivity index (χ0n) is 17.4. The molecule has 0 aromatic heterocycles. The predicted molar refractivity (Wildman–Crippen MR) is 117 cm³/mol. The van der Waals surface area contributed by atoms with E-state index in [1.165, 1.54) is 0 Å². The first kappa shape index (κ1) is 21.5. The Morgan fingerprint density at radius 3 is 2.33 bits per heavy atom. The zero-order chi connectivity index (χ0) is 21.7. The van der Waals surface area contributed by atoms with Crippen molar-refractivity contribution in [2.75, 3.05) is 23.7 Å². The molecule has 1 aliphatic carbocycles. The minimum Gasteiger partial charge on any atom is -0.366 e. The SMILES string of the molecule is Cc1ccc(C)c(NC(=O)CN(CCC(=O)Nc2ccc(C(N)=O)cc2)C2CC2)c1. The molecule has 0 unspecified atom stereocenters. The Morgan fingerprint density at radius 1 is 1.00 bits per heavy atom. The van der Waals surface area contributed by atoms with Gasteiger partial charge in [-0.05, 0) is 68.1 Å². The Labute approximate surface area is 176 Å². The molecular weight excluding hydrogens is 380 g/mol. The topological polar surface area (TPSA) is 105 Å². The standard InChI is InChI=1S/C23H28N4O3/c1-15-3-4-16(2)20(13-15)26-22(29)14-27(19-9-10-19)12-11-21(28)25-18-7-5-17(6-8-18)23(24)30/h3-8,13,19H,9-12,14H2,1-2H3,(H2,24,30)(H,25,28)(H,26,29). The van der Waals surface area contributed by atoms with Gasteiger partial charge in [0.25, 0.3) is 0 Å². The second-order valence-electron chi connectivity index (χ2n) is 7.81. The van der Waals surface area contributed by atoms with Crippen LogP contribution in [-0.2, 0) is 9.59 Å². The van der Waals surface area contributed by atoms with Gasteiger partial charge < -0.3 is 16.4 Å². The van der Waals surface area contributed by atoms with Crippen LogP contribution in [0.1, 0.15) is 40.7 Å². The monoisotopic (exact) mass is 408 g/mol. The number of nitrogens with zero attached hydrogens (tertiary/aromatic N) is 1. The number of benzene rings is 2. The lowest BCUT2D eigenvalue weighted by molar-refractivity contribution is -0.119. The lowest BCUT2D eigenvalue weighted by atomic mass is 10.1. The Hall–Kier alpha value is -3.19. The van der Waals surface area contributed by atoms with Gasteiger partial charge >= 0.3 is 0 Å². The molecular formula is C23H28N4O3. The Kier molecular flexibility index (Phi) is 6.84. The first-order valence-corrected chi connectivity index (χ1v) is 10.1. The number of primary amides is 1. The average molecular weight is 409 g/mol. The molecule has 0 bridgehead atoms. The zero-order valence-corrected chi connectivity index (χ0v) is 17.4. The fraction of sp³-hybridized carbons (Fsp3) is 0.348. The lowest BCUT2D eigenvalue weighted by Gasteiger charge is -2.21. The van der Waals surface area contributed by atoms with E-state index in [9.17, 15) is 14.4 Å². The third kappa shape index (κ3) is 6.15. The first-order chi connectivity index (χ1) is 14.3. The van der Waals surface area contributed by atoms with Gasteiger partial charge in [-0.2, -0.15) is 0 Å². The molecule has 0 aliphatic heterocycles. The van der Waals surface area contributed by atoms with Crippen molar-refractivity contribution in [2.24, 2.45) is 5.73 Å². The van der Waals surface area contributed by atoms with Crippen molar-refractivity contribution in [3.63, 3.8) is 0 Å². The van der Waals surface area contributed by atoms with Crippen LogP contribution in [0.4, 0.5) is 11.4 Å². The van der Waals surface area contributed by atoms with Crippen LogP contribution in [0.3, 0.4) is 0 Å². The fourth-order valence-electron chi connectivity index (χ4n) is 3.26. The highest BCUT2D eigenvalue weighted by Crippen LogP contribution is 2.27. The highest BCUT2D eigenvalue weighted by atomic mass is 16.2. The number of carbonyl (C=O) groups excluding carboxylic acids is 3. The van der Waals surface area contributed by atoms with E-state index >= 15 is 0 Å². The molecule has 1 saturated carbocycles. The summed E-state index contributed by atoms with van der Waals surface area (Å²) in [6, 6.07) is 12.8. The van der Waals surface area contributed by atoms with Gasteiger partial charge in [0.2, 0.25) is 17.7 Å². The summed E-state index contributed by atoms with van der Waals surface area (Å²) in [6.07, 6.45) is 2.38. The van der Waals surface area contributed by atoms with E-state index < -0.39 is 5.91 Å². The Balaban J connectivity index is 1.50. The van der Waals surface area contributed by atoms with Crippen molar-refractivity contribution in [3.05, 3.63) is 59.2 Å². The quantitative estimate of drug-likeness (QED) is 0.593. The predicted octanol–water partition coefficient (Wildman–Crippen LogP) is 2.83. The van der Waals surface area contributed by atoms with Crippen molar-refractivity contribution in [3.8, 4) is 0 Å². The largest absolute Gasteiger partial charge is 0.366 e. The van der Waals surface area contributed by atoms with Crippen molar-refractivity contribution >= 4 is 29.1 Å². The molecule has 7 nitrogen and oxygen atoms in total. The summed E-state index contributed by atoms with van der Waals surface area (Å²) < 4.78 is 0. The normalized spacial score (nSPS) is 13.2. The molecule has 4 N–H and O–H groups in total. The molecule has 3 amide bonds. The van der Waals surface area contributed by atoms with Gasteiger partial charge in [-0.1, -0.05) is 12.1 Å². The molecule has 158 valence electrons. The summed E-state index contributed by atoms with van der Waals surface area (Å²) in [7, 11) is 0. The summed E-state index contributed by atoms with van der Waals surface area (Å²) >= 11 is 0. The van der Waals surface area contributed by atoms with Crippen LogP contribution in [-0.4, -0.2) is 41.8 Å². The molecule has 0 spiro atoms. The molecule has 7 heteroatoms. The van der Waals surface area contributed by atoms with Crippen LogP contribution in [0.5, 0.6) is 0 Å². The summed E-state index contributed by atoms with van der Waals surface area (Å²) in [5.74, 6) is -0.715. The van der Waals surface area contributed by atoms with Gasteiger partial charge in [-0.3, -0.25) is 19.3 Å². The highest BCUT2D eigenvalue weighted by molar-refractivity contribution is 5.95. The second kappa shape index (κ2) is 9.54. The molecule has 1 fully saturated rings. The molecule has 2 aromatic rings. The Morgan fingerprint density at radius 2 is 1.70 bits per heavy atom. The maximum atomic E-state index is 12.6. The maximum Gasteiger partial charge on any atom is 0.248 e. The van der Waals surface area contributed by atoms with Gasteiger partial charge in [0, 0.05) is 35.9 Å². The summed E-state index contributed by atoms with van der Waals surface area (Å²) in [5.41, 5.74) is 9.16. The van der Waals surface area contributed by atoms with E-state index in [0.717, 1.165) is 29.7 Å². The van der Waals surface area contributed by atoms with E-state index in [-0.39, 0.29) is 24.8 Å². The molecule has 0 atom stereocenters. The highest BCUT2D eigenvalue weighted by Gasteiger charge is 2.30. The van der Waals surface area contributed by atoms with Crippen molar-refractivity contribution in [1.82, 2.24) is 4.90 Å². The number of hydrogen-bond acceptors (Lipinski definition) is 4. The fourth-order valence-corrected chi connectivity index (χ4v) is 3.26. The minimum atomic E-state index is -0.507. The lowest BCUT2D eigenvalue weighted by Crippen LogP contribution is -2.37.